The van der Waals surface area contributed by atoms with Crippen molar-refractivity contribution >= 4 is 33.3 Å². The van der Waals surface area contributed by atoms with E-state index in [1.54, 1.807) is 12.1 Å². The highest BCUT2D eigenvalue weighted by Crippen LogP contribution is 2.21. The van der Waals surface area contributed by atoms with Crippen LogP contribution in [-0.4, -0.2) is 10.9 Å². The number of hydrogen-bond acceptors (Lipinski definition) is 3. The Hall–Kier alpha value is -1.88. The van der Waals surface area contributed by atoms with E-state index in [9.17, 15) is 4.79 Å². The highest BCUT2D eigenvalue weighted by molar-refractivity contribution is 9.10. The van der Waals surface area contributed by atoms with Crippen molar-refractivity contribution in [3.63, 3.8) is 0 Å². The van der Waals surface area contributed by atoms with Crippen LogP contribution in [0.4, 0.5) is 11.5 Å². The van der Waals surface area contributed by atoms with Gasteiger partial charge in [0.2, 0.25) is 0 Å². The van der Waals surface area contributed by atoms with Gasteiger partial charge in [0.15, 0.2) is 0 Å². The van der Waals surface area contributed by atoms with Crippen LogP contribution in [0.3, 0.4) is 0 Å². The highest BCUT2D eigenvalue weighted by atomic mass is 79.9. The second-order valence-electron chi connectivity index (χ2n) is 3.89. The number of benzene rings is 1. The van der Waals surface area contributed by atoms with Crippen LogP contribution in [0.1, 0.15) is 15.9 Å². The molecule has 2 rings (SSSR count). The van der Waals surface area contributed by atoms with Gasteiger partial charge in [-0.2, -0.15) is 0 Å². The second kappa shape index (κ2) is 5.18. The average molecular weight is 306 g/mol. The Morgan fingerprint density at radius 3 is 2.78 bits per heavy atom. The predicted molar refractivity (Wildman–Crippen MR) is 75.5 cm³/mol. The molecule has 2 aromatic rings. The van der Waals surface area contributed by atoms with Crippen LogP contribution in [0.15, 0.2) is 41.0 Å². The highest BCUT2D eigenvalue weighted by Gasteiger charge is 2.07. The number of rotatable bonds is 2. The molecule has 0 radical (unpaired) electrons. The molecule has 0 unspecified atom stereocenters. The number of anilines is 2. The third-order valence-electron chi connectivity index (χ3n) is 2.47. The van der Waals surface area contributed by atoms with Crippen LogP contribution in [0.5, 0.6) is 0 Å². The Morgan fingerprint density at radius 2 is 2.11 bits per heavy atom. The number of pyridine rings is 1. The molecule has 0 atom stereocenters. The molecular weight excluding hydrogens is 294 g/mol. The number of nitrogen functional groups attached to an aromatic ring is 1. The maximum atomic E-state index is 12.0. The van der Waals surface area contributed by atoms with E-state index in [1.807, 2.05) is 25.1 Å². The first-order chi connectivity index (χ1) is 8.56. The van der Waals surface area contributed by atoms with Gasteiger partial charge in [0.25, 0.3) is 5.91 Å². The Morgan fingerprint density at radius 1 is 1.33 bits per heavy atom. The third kappa shape index (κ3) is 2.87. The Labute approximate surface area is 113 Å². The zero-order chi connectivity index (χ0) is 13.1. The number of aryl methyl sites for hydroxylation is 1. The summed E-state index contributed by atoms with van der Waals surface area (Å²) in [5.74, 6) is 0.118. The summed E-state index contributed by atoms with van der Waals surface area (Å²) in [6, 6.07) is 8.80. The van der Waals surface area contributed by atoms with E-state index < -0.39 is 0 Å². The summed E-state index contributed by atoms with van der Waals surface area (Å²) < 4.78 is 0.953. The smallest absolute Gasteiger partial charge is 0.255 e. The zero-order valence-corrected chi connectivity index (χ0v) is 11.4. The molecule has 0 bridgehead atoms. The van der Waals surface area contributed by atoms with Gasteiger partial charge in [0.1, 0.15) is 5.82 Å². The van der Waals surface area contributed by atoms with Gasteiger partial charge in [0.05, 0.1) is 0 Å². The minimum Gasteiger partial charge on any atom is -0.384 e. The molecule has 3 N–H and O–H groups in total. The first kappa shape index (κ1) is 12.6. The van der Waals surface area contributed by atoms with E-state index >= 15 is 0 Å². The molecule has 1 heterocycles. The van der Waals surface area contributed by atoms with Crippen LogP contribution in [0.25, 0.3) is 0 Å². The number of halogens is 1. The fourth-order valence-corrected chi connectivity index (χ4v) is 1.84. The molecule has 1 aromatic heterocycles. The molecule has 5 heteroatoms. The van der Waals surface area contributed by atoms with Gasteiger partial charge in [0, 0.05) is 21.9 Å². The monoisotopic (exact) mass is 305 g/mol. The number of hydrogen-bond donors (Lipinski definition) is 2. The molecule has 1 amide bonds. The maximum absolute atomic E-state index is 12.0. The van der Waals surface area contributed by atoms with Crippen molar-refractivity contribution in [3.8, 4) is 0 Å². The average Bonchev–Trinajstić information content (AvgIpc) is 2.34. The van der Waals surface area contributed by atoms with Crippen molar-refractivity contribution in [3.05, 3.63) is 52.1 Å². The van der Waals surface area contributed by atoms with Crippen LogP contribution in [0.2, 0.25) is 0 Å². The number of amides is 1. The number of carbonyl (C=O) groups is 1. The quantitative estimate of drug-likeness (QED) is 0.896. The van der Waals surface area contributed by atoms with E-state index in [4.69, 9.17) is 5.73 Å². The molecule has 0 saturated heterocycles. The van der Waals surface area contributed by atoms with Gasteiger partial charge in [-0.1, -0.05) is 22.0 Å². The minimum absolute atomic E-state index is 0.208. The van der Waals surface area contributed by atoms with Crippen LogP contribution in [0, 0.1) is 6.92 Å². The second-order valence-corrected chi connectivity index (χ2v) is 4.74. The van der Waals surface area contributed by atoms with E-state index in [2.05, 4.69) is 26.2 Å². The normalized spacial score (nSPS) is 10.1. The molecule has 1 aromatic carbocycles. The first-order valence-electron chi connectivity index (χ1n) is 5.35. The fourth-order valence-electron chi connectivity index (χ4n) is 1.46. The van der Waals surface area contributed by atoms with Crippen molar-refractivity contribution in [2.75, 3.05) is 11.1 Å². The predicted octanol–water partition coefficient (Wildman–Crippen LogP) is 2.99. The van der Waals surface area contributed by atoms with E-state index in [0.717, 1.165) is 15.7 Å². The number of nitrogens with zero attached hydrogens (tertiary/aromatic N) is 1. The summed E-state index contributed by atoms with van der Waals surface area (Å²) in [4.78, 5) is 15.8. The van der Waals surface area contributed by atoms with E-state index in [1.165, 1.54) is 6.20 Å². The maximum Gasteiger partial charge on any atom is 0.255 e. The number of nitrogens with two attached hydrogens (primary N) is 1. The minimum atomic E-state index is -0.208. The van der Waals surface area contributed by atoms with Crippen LogP contribution < -0.4 is 11.1 Å². The van der Waals surface area contributed by atoms with Crippen LogP contribution >= 0.6 is 15.9 Å². The molecule has 0 aliphatic carbocycles. The molecule has 0 aliphatic rings. The number of nitrogens with one attached hydrogen (secondary N) is 1. The van der Waals surface area contributed by atoms with Gasteiger partial charge < -0.3 is 11.1 Å². The van der Waals surface area contributed by atoms with Gasteiger partial charge in [-0.3, -0.25) is 4.79 Å². The van der Waals surface area contributed by atoms with Crippen LogP contribution in [-0.2, 0) is 0 Å². The lowest BCUT2D eigenvalue weighted by Gasteiger charge is -2.07. The molecule has 4 nitrogen and oxygen atoms in total. The summed E-state index contributed by atoms with van der Waals surface area (Å²) in [6.45, 7) is 1.99. The lowest BCUT2D eigenvalue weighted by molar-refractivity contribution is 0.102. The zero-order valence-electron chi connectivity index (χ0n) is 9.77. The fraction of sp³-hybridized carbons (Fsp3) is 0.0769. The molecule has 0 spiro atoms. The summed E-state index contributed by atoms with van der Waals surface area (Å²) >= 11 is 3.42. The van der Waals surface area contributed by atoms with E-state index in [0.29, 0.717) is 11.4 Å². The summed E-state index contributed by atoms with van der Waals surface area (Å²) in [5.41, 5.74) is 7.86. The standard InChI is InChI=1S/C13H12BrN3O/c1-8-2-3-10(7-11(8)14)17-13(18)9-4-5-16-12(15)6-9/h2-7H,1H3,(H2,15,16)(H,17,18). The molecule has 18 heavy (non-hydrogen) atoms. The topological polar surface area (TPSA) is 68.0 Å². The van der Waals surface area contributed by atoms with Gasteiger partial charge in [-0.15, -0.1) is 0 Å². The van der Waals surface area contributed by atoms with Crippen molar-refractivity contribution in [2.45, 2.75) is 6.92 Å². The van der Waals surface area contributed by atoms with E-state index in [-0.39, 0.29) is 5.91 Å². The van der Waals surface area contributed by atoms with Gasteiger partial charge >= 0.3 is 0 Å². The molecule has 0 aliphatic heterocycles. The molecule has 92 valence electrons. The first-order valence-corrected chi connectivity index (χ1v) is 6.14. The molecular formula is C13H12BrN3O. The Balaban J connectivity index is 2.18. The number of aromatic nitrogens is 1. The molecule has 0 saturated carbocycles. The van der Waals surface area contributed by atoms with Gasteiger partial charge in [-0.05, 0) is 36.8 Å². The Bertz CT molecular complexity index is 599. The largest absolute Gasteiger partial charge is 0.384 e. The summed E-state index contributed by atoms with van der Waals surface area (Å²) in [7, 11) is 0. The number of carbonyl (C=O) groups excluding carboxylic acids is 1. The summed E-state index contributed by atoms with van der Waals surface area (Å²) in [6.07, 6.45) is 1.51. The summed E-state index contributed by atoms with van der Waals surface area (Å²) in [5, 5.41) is 2.80. The SMILES string of the molecule is Cc1ccc(NC(=O)c2ccnc(N)c2)cc1Br. The van der Waals surface area contributed by atoms with Crippen molar-refractivity contribution < 1.29 is 4.79 Å². The Kier molecular flexibility index (Phi) is 3.62. The molecule has 0 fully saturated rings. The lowest BCUT2D eigenvalue weighted by atomic mass is 10.2. The van der Waals surface area contributed by atoms with Crippen molar-refractivity contribution in [2.24, 2.45) is 0 Å². The van der Waals surface area contributed by atoms with Crippen molar-refractivity contribution in [1.82, 2.24) is 4.98 Å². The third-order valence-corrected chi connectivity index (χ3v) is 3.33. The van der Waals surface area contributed by atoms with Crippen molar-refractivity contribution in [1.29, 1.82) is 0 Å². The lowest BCUT2D eigenvalue weighted by Crippen LogP contribution is -2.12. The van der Waals surface area contributed by atoms with Gasteiger partial charge in [-0.25, -0.2) is 4.98 Å².